The maximum atomic E-state index is 2.37. The fraction of sp³-hybridized carbons (Fsp3) is 0.143. The van der Waals surface area contributed by atoms with E-state index in [0.29, 0.717) is 5.92 Å². The quantitative estimate of drug-likeness (QED) is 0.402. The van der Waals surface area contributed by atoms with Crippen molar-refractivity contribution in [2.75, 3.05) is 4.90 Å². The van der Waals surface area contributed by atoms with Crippen LogP contribution in [-0.2, 0) is 0 Å². The monoisotopic (exact) mass is 317 g/mol. The highest BCUT2D eigenvalue weighted by Gasteiger charge is 2.24. The zero-order valence-corrected chi connectivity index (χ0v) is 14.2. The van der Waals surface area contributed by atoms with Crippen LogP contribution in [0.1, 0.15) is 25.3 Å². The van der Waals surface area contributed by atoms with Gasteiger partial charge in [0, 0.05) is 15.5 Å². The molecule has 0 radical (unpaired) electrons. The Morgan fingerprint density at radius 2 is 1.43 bits per heavy atom. The minimum absolute atomic E-state index is 0.545. The third-order valence-corrected chi connectivity index (χ3v) is 5.34. The molecule has 0 saturated heterocycles. The summed E-state index contributed by atoms with van der Waals surface area (Å²) in [7, 11) is 0. The van der Waals surface area contributed by atoms with E-state index in [4.69, 9.17) is 0 Å². The standard InChI is InChI=1S/C21H19NS/c1-15(2)16-12-13-19-21(14-16)23-20-11-7-6-10-18(20)22(19)17-8-4-3-5-9-17/h3-15H,1-2H3. The molecule has 0 saturated carbocycles. The van der Waals surface area contributed by atoms with Crippen LogP contribution in [-0.4, -0.2) is 0 Å². The first-order valence-corrected chi connectivity index (χ1v) is 8.82. The molecule has 0 aliphatic carbocycles. The van der Waals surface area contributed by atoms with Crippen LogP contribution in [0.5, 0.6) is 0 Å². The molecule has 0 N–H and O–H groups in total. The molecule has 3 aromatic carbocycles. The molecule has 0 bridgehead atoms. The maximum absolute atomic E-state index is 2.37. The minimum Gasteiger partial charge on any atom is -0.308 e. The van der Waals surface area contributed by atoms with Crippen LogP contribution >= 0.6 is 11.8 Å². The largest absolute Gasteiger partial charge is 0.308 e. The highest BCUT2D eigenvalue weighted by atomic mass is 32.2. The Kier molecular flexibility index (Phi) is 3.62. The van der Waals surface area contributed by atoms with E-state index in [0.717, 1.165) is 0 Å². The van der Waals surface area contributed by atoms with Crippen molar-refractivity contribution in [3.63, 3.8) is 0 Å². The predicted octanol–water partition coefficient (Wildman–Crippen LogP) is 6.74. The van der Waals surface area contributed by atoms with E-state index in [1.165, 1.54) is 32.4 Å². The second-order valence-corrected chi connectivity index (χ2v) is 7.21. The van der Waals surface area contributed by atoms with Crippen LogP contribution in [0.15, 0.2) is 82.6 Å². The first-order chi connectivity index (χ1) is 11.2. The predicted molar refractivity (Wildman–Crippen MR) is 99.3 cm³/mol. The van der Waals surface area contributed by atoms with Gasteiger partial charge in [0.25, 0.3) is 0 Å². The number of hydrogen-bond acceptors (Lipinski definition) is 2. The van der Waals surface area contributed by atoms with Gasteiger partial charge in [0.1, 0.15) is 0 Å². The number of hydrogen-bond donors (Lipinski definition) is 0. The van der Waals surface area contributed by atoms with E-state index in [-0.39, 0.29) is 0 Å². The van der Waals surface area contributed by atoms with Gasteiger partial charge in [-0.1, -0.05) is 62.0 Å². The molecular weight excluding hydrogens is 298 g/mol. The number of anilines is 3. The Bertz CT molecular complexity index is 839. The minimum atomic E-state index is 0.545. The van der Waals surface area contributed by atoms with Gasteiger partial charge < -0.3 is 4.90 Å². The number of para-hydroxylation sites is 2. The summed E-state index contributed by atoms with van der Waals surface area (Å²) in [6.07, 6.45) is 0. The lowest BCUT2D eigenvalue weighted by atomic mass is 10.0. The van der Waals surface area contributed by atoms with Crippen LogP contribution in [0.3, 0.4) is 0 Å². The summed E-state index contributed by atoms with van der Waals surface area (Å²) in [6.45, 7) is 4.50. The number of fused-ring (bicyclic) bond motifs is 2. The Labute approximate surface area is 142 Å². The van der Waals surface area contributed by atoms with E-state index in [9.17, 15) is 0 Å². The van der Waals surface area contributed by atoms with Crippen molar-refractivity contribution in [2.24, 2.45) is 0 Å². The van der Waals surface area contributed by atoms with Crippen molar-refractivity contribution in [1.82, 2.24) is 0 Å². The zero-order valence-electron chi connectivity index (χ0n) is 13.4. The van der Waals surface area contributed by atoms with Crippen LogP contribution in [0.2, 0.25) is 0 Å². The first-order valence-electron chi connectivity index (χ1n) is 8.00. The van der Waals surface area contributed by atoms with Gasteiger partial charge in [0.05, 0.1) is 11.4 Å². The fourth-order valence-corrected chi connectivity index (χ4v) is 4.09. The number of rotatable bonds is 2. The van der Waals surface area contributed by atoms with Crippen LogP contribution in [0, 0.1) is 0 Å². The molecule has 0 spiro atoms. The summed E-state index contributed by atoms with van der Waals surface area (Å²) in [5.41, 5.74) is 5.13. The molecule has 1 aliphatic heterocycles. The molecule has 0 atom stereocenters. The number of nitrogens with zero attached hydrogens (tertiary/aromatic N) is 1. The second-order valence-electron chi connectivity index (χ2n) is 6.12. The summed E-state index contributed by atoms with van der Waals surface area (Å²) in [6, 6.07) is 26.1. The normalized spacial score (nSPS) is 12.9. The van der Waals surface area contributed by atoms with Crippen LogP contribution < -0.4 is 4.90 Å². The Morgan fingerprint density at radius 3 is 2.22 bits per heavy atom. The first kappa shape index (κ1) is 14.4. The average molecular weight is 317 g/mol. The number of benzene rings is 3. The molecule has 0 aromatic heterocycles. The van der Waals surface area contributed by atoms with Crippen molar-refractivity contribution >= 4 is 28.8 Å². The summed E-state index contributed by atoms with van der Waals surface area (Å²) < 4.78 is 0. The summed E-state index contributed by atoms with van der Waals surface area (Å²) in [5.74, 6) is 0.545. The smallest absolute Gasteiger partial charge is 0.0601 e. The van der Waals surface area contributed by atoms with Gasteiger partial charge in [-0.2, -0.15) is 0 Å². The van der Waals surface area contributed by atoms with E-state index in [1.54, 1.807) is 0 Å². The van der Waals surface area contributed by atoms with E-state index in [1.807, 2.05) is 11.8 Å². The van der Waals surface area contributed by atoms with Crippen molar-refractivity contribution in [3.8, 4) is 0 Å². The topological polar surface area (TPSA) is 3.24 Å². The average Bonchev–Trinajstić information content (AvgIpc) is 2.59. The molecule has 23 heavy (non-hydrogen) atoms. The van der Waals surface area contributed by atoms with Gasteiger partial charge in [0.2, 0.25) is 0 Å². The van der Waals surface area contributed by atoms with Gasteiger partial charge in [-0.05, 0) is 47.9 Å². The van der Waals surface area contributed by atoms with Gasteiger partial charge in [-0.15, -0.1) is 0 Å². The zero-order chi connectivity index (χ0) is 15.8. The van der Waals surface area contributed by atoms with E-state index in [2.05, 4.69) is 91.5 Å². The van der Waals surface area contributed by atoms with Gasteiger partial charge in [0.15, 0.2) is 0 Å². The summed E-state index contributed by atoms with van der Waals surface area (Å²) in [4.78, 5) is 5.01. The van der Waals surface area contributed by atoms with E-state index < -0.39 is 0 Å². The fourth-order valence-electron chi connectivity index (χ4n) is 2.99. The molecular formula is C21H19NS. The molecule has 0 unspecified atom stereocenters. The lowest BCUT2D eigenvalue weighted by Gasteiger charge is -2.33. The molecule has 3 aromatic rings. The third kappa shape index (κ3) is 2.53. The molecule has 114 valence electrons. The van der Waals surface area contributed by atoms with Crippen molar-refractivity contribution in [2.45, 2.75) is 29.6 Å². The summed E-state index contributed by atoms with van der Waals surface area (Å²) in [5, 5.41) is 0. The molecule has 0 fully saturated rings. The lowest BCUT2D eigenvalue weighted by molar-refractivity contribution is 0.861. The summed E-state index contributed by atoms with van der Waals surface area (Å²) >= 11 is 1.87. The highest BCUT2D eigenvalue weighted by Crippen LogP contribution is 2.51. The van der Waals surface area contributed by atoms with Crippen molar-refractivity contribution < 1.29 is 0 Å². The van der Waals surface area contributed by atoms with Gasteiger partial charge in [-0.25, -0.2) is 0 Å². The Morgan fingerprint density at radius 1 is 0.739 bits per heavy atom. The molecule has 2 heteroatoms. The van der Waals surface area contributed by atoms with Crippen molar-refractivity contribution in [3.05, 3.63) is 78.4 Å². The Hall–Kier alpha value is -2.19. The maximum Gasteiger partial charge on any atom is 0.0601 e. The Balaban J connectivity index is 1.92. The lowest BCUT2D eigenvalue weighted by Crippen LogP contribution is -2.14. The third-order valence-electron chi connectivity index (χ3n) is 4.23. The van der Waals surface area contributed by atoms with Gasteiger partial charge >= 0.3 is 0 Å². The van der Waals surface area contributed by atoms with Gasteiger partial charge in [-0.3, -0.25) is 0 Å². The molecule has 1 nitrogen and oxygen atoms in total. The molecule has 1 heterocycles. The van der Waals surface area contributed by atoms with E-state index >= 15 is 0 Å². The van der Waals surface area contributed by atoms with Crippen molar-refractivity contribution in [1.29, 1.82) is 0 Å². The molecule has 4 rings (SSSR count). The van der Waals surface area contributed by atoms with Crippen LogP contribution in [0.25, 0.3) is 0 Å². The SMILES string of the molecule is CC(C)c1ccc2c(c1)Sc1ccccc1N2c1ccccc1. The second kappa shape index (κ2) is 5.78. The molecule has 0 amide bonds. The highest BCUT2D eigenvalue weighted by molar-refractivity contribution is 7.99. The molecule has 1 aliphatic rings. The van der Waals surface area contributed by atoms with Crippen LogP contribution in [0.4, 0.5) is 17.1 Å².